The lowest BCUT2D eigenvalue weighted by molar-refractivity contribution is -0.142. The fourth-order valence-electron chi connectivity index (χ4n) is 0.862. The van der Waals surface area contributed by atoms with Crippen LogP contribution in [0, 0.1) is 0 Å². The Morgan fingerprint density at radius 3 is 2.33 bits per heavy atom. The summed E-state index contributed by atoms with van der Waals surface area (Å²) in [5.41, 5.74) is -0.709. The van der Waals surface area contributed by atoms with Crippen LogP contribution in [0.5, 0.6) is 0 Å². The van der Waals surface area contributed by atoms with E-state index in [1.807, 2.05) is 20.8 Å². The number of amides is 1. The predicted octanol–water partition coefficient (Wildman–Crippen LogP) is 1.33. The summed E-state index contributed by atoms with van der Waals surface area (Å²) in [4.78, 5) is 11.4. The normalized spacial score (nSPS) is 11.8. The van der Waals surface area contributed by atoms with Crippen LogP contribution in [0.2, 0.25) is 0 Å². The Hall–Kier alpha value is -0.570. The molecule has 0 fully saturated rings. The zero-order chi connectivity index (χ0) is 9.78. The molecule has 0 atom stereocenters. The van der Waals surface area contributed by atoms with Crippen LogP contribution in [-0.4, -0.2) is 24.2 Å². The number of ether oxygens (including phenoxy) is 1. The molecule has 1 N–H and O–H groups in total. The Morgan fingerprint density at radius 1 is 1.50 bits per heavy atom. The molecular formula is C9H19NO2. The van der Waals surface area contributed by atoms with Crippen molar-refractivity contribution in [1.29, 1.82) is 0 Å². The molecule has 0 radical (unpaired) electrons. The van der Waals surface area contributed by atoms with Crippen molar-refractivity contribution in [2.45, 2.75) is 46.3 Å². The molecule has 72 valence electrons. The van der Waals surface area contributed by atoms with Crippen LogP contribution in [0.25, 0.3) is 0 Å². The van der Waals surface area contributed by atoms with Gasteiger partial charge >= 0.3 is 0 Å². The standard InChI is InChI=1S/C9H19NO2/c1-6-12-9(4,5)8(11)10-7(2)3/h7H,6H2,1-5H3,(H,10,11). The molecule has 0 heterocycles. The molecule has 0 aromatic carbocycles. The Balaban J connectivity index is 4.06. The van der Waals surface area contributed by atoms with Crippen LogP contribution in [-0.2, 0) is 9.53 Å². The quantitative estimate of drug-likeness (QED) is 0.696. The monoisotopic (exact) mass is 173 g/mol. The third-order valence-electron chi connectivity index (χ3n) is 1.47. The first-order chi connectivity index (χ1) is 5.40. The number of rotatable bonds is 4. The molecule has 0 unspecified atom stereocenters. The second kappa shape index (κ2) is 4.45. The Kier molecular flexibility index (Phi) is 4.24. The SMILES string of the molecule is CCOC(C)(C)C(=O)NC(C)C. The molecule has 0 aliphatic carbocycles. The van der Waals surface area contributed by atoms with E-state index in [1.54, 1.807) is 13.8 Å². The van der Waals surface area contributed by atoms with Gasteiger partial charge in [-0.25, -0.2) is 0 Å². The number of hydrogen-bond donors (Lipinski definition) is 1. The molecule has 0 aromatic rings. The van der Waals surface area contributed by atoms with Crippen LogP contribution >= 0.6 is 0 Å². The summed E-state index contributed by atoms with van der Waals surface area (Å²) in [7, 11) is 0. The first-order valence-corrected chi connectivity index (χ1v) is 4.35. The highest BCUT2D eigenvalue weighted by Crippen LogP contribution is 2.08. The average molecular weight is 173 g/mol. The van der Waals surface area contributed by atoms with Gasteiger partial charge in [0.1, 0.15) is 5.60 Å². The van der Waals surface area contributed by atoms with Gasteiger partial charge in [-0.15, -0.1) is 0 Å². The van der Waals surface area contributed by atoms with E-state index in [0.29, 0.717) is 6.61 Å². The molecule has 12 heavy (non-hydrogen) atoms. The highest BCUT2D eigenvalue weighted by atomic mass is 16.5. The summed E-state index contributed by atoms with van der Waals surface area (Å²) in [6, 6.07) is 0.164. The molecule has 0 aliphatic heterocycles. The molecule has 0 bridgehead atoms. The number of nitrogens with one attached hydrogen (secondary N) is 1. The fourth-order valence-corrected chi connectivity index (χ4v) is 0.862. The smallest absolute Gasteiger partial charge is 0.251 e. The van der Waals surface area contributed by atoms with Crippen LogP contribution in [0.3, 0.4) is 0 Å². The maximum Gasteiger partial charge on any atom is 0.251 e. The van der Waals surface area contributed by atoms with Crippen LogP contribution in [0.1, 0.15) is 34.6 Å². The van der Waals surface area contributed by atoms with Gasteiger partial charge < -0.3 is 10.1 Å². The van der Waals surface area contributed by atoms with Gasteiger partial charge in [-0.3, -0.25) is 4.79 Å². The van der Waals surface area contributed by atoms with E-state index in [4.69, 9.17) is 4.74 Å². The van der Waals surface area contributed by atoms with Gasteiger partial charge in [0.15, 0.2) is 0 Å². The number of carbonyl (C=O) groups excluding carboxylic acids is 1. The van der Waals surface area contributed by atoms with Crippen molar-refractivity contribution in [1.82, 2.24) is 5.32 Å². The lowest BCUT2D eigenvalue weighted by Gasteiger charge is -2.24. The maximum atomic E-state index is 11.4. The van der Waals surface area contributed by atoms with E-state index in [0.717, 1.165) is 0 Å². The van der Waals surface area contributed by atoms with E-state index >= 15 is 0 Å². The van der Waals surface area contributed by atoms with Crippen LogP contribution in [0.4, 0.5) is 0 Å². The van der Waals surface area contributed by atoms with Gasteiger partial charge in [-0.1, -0.05) is 0 Å². The second-order valence-electron chi connectivity index (χ2n) is 3.57. The fraction of sp³-hybridized carbons (Fsp3) is 0.889. The molecule has 0 saturated carbocycles. The highest BCUT2D eigenvalue weighted by molar-refractivity contribution is 5.84. The highest BCUT2D eigenvalue weighted by Gasteiger charge is 2.27. The molecule has 3 heteroatoms. The molecule has 0 rings (SSSR count). The first kappa shape index (κ1) is 11.4. The number of carbonyl (C=O) groups is 1. The summed E-state index contributed by atoms with van der Waals surface area (Å²) in [6.07, 6.45) is 0. The van der Waals surface area contributed by atoms with E-state index in [2.05, 4.69) is 5.32 Å². The molecular weight excluding hydrogens is 154 g/mol. The zero-order valence-corrected chi connectivity index (χ0v) is 8.60. The largest absolute Gasteiger partial charge is 0.366 e. The van der Waals surface area contributed by atoms with Crippen molar-refractivity contribution in [3.05, 3.63) is 0 Å². The molecule has 0 aromatic heterocycles. The Labute approximate surface area is 74.5 Å². The maximum absolute atomic E-state index is 11.4. The van der Waals surface area contributed by atoms with Crippen LogP contribution in [0.15, 0.2) is 0 Å². The van der Waals surface area contributed by atoms with Crippen molar-refractivity contribution in [2.75, 3.05) is 6.61 Å². The summed E-state index contributed by atoms with van der Waals surface area (Å²) < 4.78 is 5.28. The minimum Gasteiger partial charge on any atom is -0.366 e. The zero-order valence-electron chi connectivity index (χ0n) is 8.60. The van der Waals surface area contributed by atoms with Crippen molar-refractivity contribution < 1.29 is 9.53 Å². The van der Waals surface area contributed by atoms with E-state index < -0.39 is 5.60 Å². The topological polar surface area (TPSA) is 38.3 Å². The summed E-state index contributed by atoms with van der Waals surface area (Å²) in [6.45, 7) is 9.84. The predicted molar refractivity (Wildman–Crippen MR) is 49.0 cm³/mol. The van der Waals surface area contributed by atoms with Gasteiger partial charge in [0.25, 0.3) is 5.91 Å². The molecule has 0 aliphatic rings. The summed E-state index contributed by atoms with van der Waals surface area (Å²) >= 11 is 0. The lowest BCUT2D eigenvalue weighted by atomic mass is 10.1. The molecule has 1 amide bonds. The van der Waals surface area contributed by atoms with Gasteiger partial charge in [0.05, 0.1) is 0 Å². The Bertz CT molecular complexity index is 153. The molecule has 3 nitrogen and oxygen atoms in total. The summed E-state index contributed by atoms with van der Waals surface area (Å²) in [5, 5.41) is 2.80. The summed E-state index contributed by atoms with van der Waals surface area (Å²) in [5.74, 6) is -0.0562. The third kappa shape index (κ3) is 3.72. The molecule has 0 spiro atoms. The van der Waals surface area contributed by atoms with Crippen molar-refractivity contribution in [2.24, 2.45) is 0 Å². The third-order valence-corrected chi connectivity index (χ3v) is 1.47. The van der Waals surface area contributed by atoms with Crippen molar-refractivity contribution in [3.63, 3.8) is 0 Å². The number of hydrogen-bond acceptors (Lipinski definition) is 2. The van der Waals surface area contributed by atoms with Gasteiger partial charge in [0.2, 0.25) is 0 Å². The van der Waals surface area contributed by atoms with Crippen LogP contribution < -0.4 is 5.32 Å². The van der Waals surface area contributed by atoms with Gasteiger partial charge in [-0.2, -0.15) is 0 Å². The minimum atomic E-state index is -0.709. The van der Waals surface area contributed by atoms with Crippen molar-refractivity contribution >= 4 is 5.91 Å². The van der Waals surface area contributed by atoms with E-state index in [1.165, 1.54) is 0 Å². The molecule has 0 saturated heterocycles. The van der Waals surface area contributed by atoms with Crippen molar-refractivity contribution in [3.8, 4) is 0 Å². The van der Waals surface area contributed by atoms with Gasteiger partial charge in [0, 0.05) is 12.6 Å². The van der Waals surface area contributed by atoms with Gasteiger partial charge in [-0.05, 0) is 34.6 Å². The lowest BCUT2D eigenvalue weighted by Crippen LogP contribution is -2.46. The first-order valence-electron chi connectivity index (χ1n) is 4.35. The Morgan fingerprint density at radius 2 is 2.00 bits per heavy atom. The van der Waals surface area contributed by atoms with E-state index in [9.17, 15) is 4.79 Å². The van der Waals surface area contributed by atoms with E-state index in [-0.39, 0.29) is 11.9 Å². The minimum absolute atomic E-state index is 0.0562. The average Bonchev–Trinajstić information content (AvgIpc) is 1.85. The second-order valence-corrected chi connectivity index (χ2v) is 3.57.